The van der Waals surface area contributed by atoms with Gasteiger partial charge in [-0.1, -0.05) is 15.9 Å². The molecule has 18 heavy (non-hydrogen) atoms. The Morgan fingerprint density at radius 2 is 2.28 bits per heavy atom. The van der Waals surface area contributed by atoms with Gasteiger partial charge in [-0.2, -0.15) is 0 Å². The molecular weight excluding hydrogens is 296 g/mol. The Balaban J connectivity index is 2.59. The van der Waals surface area contributed by atoms with Crippen molar-refractivity contribution in [3.8, 4) is 5.75 Å². The highest BCUT2D eigenvalue weighted by Gasteiger charge is 2.09. The van der Waals surface area contributed by atoms with Crippen molar-refractivity contribution in [2.75, 3.05) is 13.2 Å². The molecule has 0 saturated heterocycles. The van der Waals surface area contributed by atoms with E-state index in [-0.39, 0.29) is 11.9 Å². The van der Waals surface area contributed by atoms with Crippen LogP contribution in [0.25, 0.3) is 0 Å². The van der Waals surface area contributed by atoms with Gasteiger partial charge in [0.25, 0.3) is 0 Å². The number of nitrogens with one attached hydrogen (secondary N) is 1. The maximum atomic E-state index is 11.3. The highest BCUT2D eigenvalue weighted by atomic mass is 79.9. The van der Waals surface area contributed by atoms with Crippen LogP contribution in [-0.2, 0) is 4.79 Å². The van der Waals surface area contributed by atoms with Crippen LogP contribution < -0.4 is 15.8 Å². The smallest absolute Gasteiger partial charge is 0.223 e. The predicted molar refractivity (Wildman–Crippen MR) is 75.5 cm³/mol. The zero-order valence-electron chi connectivity index (χ0n) is 10.7. The Bertz CT molecular complexity index is 408. The first-order valence-corrected chi connectivity index (χ1v) is 6.78. The van der Waals surface area contributed by atoms with Crippen LogP contribution in [0.3, 0.4) is 0 Å². The SMILES string of the molecule is CCNC(=O)CCOc1ccc(Br)cc1C(C)N. The van der Waals surface area contributed by atoms with Crippen molar-refractivity contribution < 1.29 is 9.53 Å². The highest BCUT2D eigenvalue weighted by Crippen LogP contribution is 2.27. The quantitative estimate of drug-likeness (QED) is 0.847. The van der Waals surface area contributed by atoms with Crippen molar-refractivity contribution in [1.29, 1.82) is 0 Å². The molecule has 3 N–H and O–H groups in total. The van der Waals surface area contributed by atoms with Crippen LogP contribution in [0.15, 0.2) is 22.7 Å². The van der Waals surface area contributed by atoms with E-state index >= 15 is 0 Å². The van der Waals surface area contributed by atoms with Gasteiger partial charge in [0.2, 0.25) is 5.91 Å². The summed E-state index contributed by atoms with van der Waals surface area (Å²) in [5.41, 5.74) is 6.81. The third-order valence-electron chi connectivity index (χ3n) is 2.42. The lowest BCUT2D eigenvalue weighted by Gasteiger charge is -2.14. The minimum atomic E-state index is -0.109. The molecule has 0 aromatic heterocycles. The number of carbonyl (C=O) groups excluding carboxylic acids is 1. The van der Waals surface area contributed by atoms with Gasteiger partial charge in [-0.3, -0.25) is 4.79 Å². The van der Waals surface area contributed by atoms with Gasteiger partial charge >= 0.3 is 0 Å². The largest absolute Gasteiger partial charge is 0.493 e. The molecule has 1 aromatic carbocycles. The van der Waals surface area contributed by atoms with Gasteiger partial charge < -0.3 is 15.8 Å². The molecule has 0 aliphatic rings. The molecule has 1 rings (SSSR count). The van der Waals surface area contributed by atoms with Crippen LogP contribution in [0.2, 0.25) is 0 Å². The molecule has 0 fully saturated rings. The maximum Gasteiger partial charge on any atom is 0.223 e. The second-order valence-corrected chi connectivity index (χ2v) is 4.94. The summed E-state index contributed by atoms with van der Waals surface area (Å²) in [6.07, 6.45) is 0.350. The Kier molecular flexibility index (Phi) is 6.15. The van der Waals surface area contributed by atoms with E-state index in [0.29, 0.717) is 19.6 Å². The molecule has 0 aliphatic heterocycles. The van der Waals surface area contributed by atoms with Crippen molar-refractivity contribution in [3.05, 3.63) is 28.2 Å². The highest BCUT2D eigenvalue weighted by molar-refractivity contribution is 9.10. The van der Waals surface area contributed by atoms with Gasteiger partial charge in [0.15, 0.2) is 0 Å². The molecule has 5 heteroatoms. The monoisotopic (exact) mass is 314 g/mol. The minimum absolute atomic E-state index is 0.00282. The Labute approximate surface area is 116 Å². The van der Waals surface area contributed by atoms with Gasteiger partial charge in [-0.15, -0.1) is 0 Å². The lowest BCUT2D eigenvalue weighted by atomic mass is 10.1. The molecule has 0 aliphatic carbocycles. The van der Waals surface area contributed by atoms with Crippen molar-refractivity contribution in [2.45, 2.75) is 26.3 Å². The number of hydrogen-bond donors (Lipinski definition) is 2. The fourth-order valence-corrected chi connectivity index (χ4v) is 1.92. The fraction of sp³-hybridized carbons (Fsp3) is 0.462. The molecule has 0 heterocycles. The first-order chi connectivity index (χ1) is 8.54. The van der Waals surface area contributed by atoms with Crippen LogP contribution >= 0.6 is 15.9 Å². The molecule has 0 spiro atoms. The molecule has 1 atom stereocenters. The van der Waals surface area contributed by atoms with Crippen LogP contribution in [0.4, 0.5) is 0 Å². The van der Waals surface area contributed by atoms with Crippen molar-refractivity contribution in [1.82, 2.24) is 5.32 Å². The van der Waals surface area contributed by atoms with Gasteiger partial charge in [-0.25, -0.2) is 0 Å². The molecule has 4 nitrogen and oxygen atoms in total. The molecule has 100 valence electrons. The van der Waals surface area contributed by atoms with Crippen LogP contribution in [0.5, 0.6) is 5.75 Å². The van der Waals surface area contributed by atoms with Gasteiger partial charge in [-0.05, 0) is 32.0 Å². The number of hydrogen-bond acceptors (Lipinski definition) is 3. The zero-order valence-corrected chi connectivity index (χ0v) is 12.3. The van der Waals surface area contributed by atoms with E-state index in [4.69, 9.17) is 10.5 Å². The van der Waals surface area contributed by atoms with E-state index in [1.54, 1.807) is 0 Å². The first-order valence-electron chi connectivity index (χ1n) is 5.99. The summed E-state index contributed by atoms with van der Waals surface area (Å²) in [6.45, 7) is 4.79. The maximum absolute atomic E-state index is 11.3. The Hall–Kier alpha value is -1.07. The Morgan fingerprint density at radius 3 is 2.89 bits per heavy atom. The van der Waals surface area contributed by atoms with Crippen LogP contribution in [0.1, 0.15) is 31.9 Å². The van der Waals surface area contributed by atoms with Gasteiger partial charge in [0.05, 0.1) is 13.0 Å². The number of rotatable bonds is 6. The second-order valence-electron chi connectivity index (χ2n) is 4.02. The lowest BCUT2D eigenvalue weighted by molar-refractivity contribution is -0.121. The van der Waals surface area contributed by atoms with Crippen molar-refractivity contribution >= 4 is 21.8 Å². The summed E-state index contributed by atoms with van der Waals surface area (Å²) in [6, 6.07) is 5.59. The summed E-state index contributed by atoms with van der Waals surface area (Å²) >= 11 is 3.40. The second kappa shape index (κ2) is 7.38. The summed E-state index contributed by atoms with van der Waals surface area (Å²) < 4.78 is 6.57. The third-order valence-corrected chi connectivity index (χ3v) is 2.92. The molecule has 0 saturated carbocycles. The Morgan fingerprint density at radius 1 is 1.56 bits per heavy atom. The topological polar surface area (TPSA) is 64.3 Å². The normalized spacial score (nSPS) is 12.0. The molecule has 1 unspecified atom stereocenters. The number of nitrogens with two attached hydrogens (primary N) is 1. The molecule has 1 aromatic rings. The van der Waals surface area contributed by atoms with E-state index in [9.17, 15) is 4.79 Å². The average molecular weight is 315 g/mol. The zero-order chi connectivity index (χ0) is 13.5. The molecule has 1 amide bonds. The summed E-state index contributed by atoms with van der Waals surface area (Å²) in [5, 5.41) is 2.73. The number of halogens is 1. The summed E-state index contributed by atoms with van der Waals surface area (Å²) in [5.74, 6) is 0.731. The summed E-state index contributed by atoms with van der Waals surface area (Å²) in [7, 11) is 0. The fourth-order valence-electron chi connectivity index (χ4n) is 1.55. The van der Waals surface area contributed by atoms with Gasteiger partial charge in [0, 0.05) is 22.6 Å². The minimum Gasteiger partial charge on any atom is -0.493 e. The lowest BCUT2D eigenvalue weighted by Crippen LogP contribution is -2.24. The van der Waals surface area contributed by atoms with E-state index in [1.807, 2.05) is 32.0 Å². The van der Waals surface area contributed by atoms with Crippen molar-refractivity contribution in [2.24, 2.45) is 5.73 Å². The predicted octanol–water partition coefficient (Wildman–Crippen LogP) is 2.37. The van der Waals surface area contributed by atoms with E-state index in [0.717, 1.165) is 15.8 Å². The molecular formula is C13H19BrN2O2. The van der Waals surface area contributed by atoms with Crippen molar-refractivity contribution in [3.63, 3.8) is 0 Å². The number of amides is 1. The molecule has 0 bridgehead atoms. The van der Waals surface area contributed by atoms with Gasteiger partial charge in [0.1, 0.15) is 5.75 Å². The number of ether oxygens (including phenoxy) is 1. The average Bonchev–Trinajstić information content (AvgIpc) is 2.31. The van der Waals surface area contributed by atoms with Crippen LogP contribution in [-0.4, -0.2) is 19.1 Å². The first kappa shape index (κ1) is 15.0. The van der Waals surface area contributed by atoms with Crippen LogP contribution in [0, 0.1) is 0 Å². The third kappa shape index (κ3) is 4.66. The molecule has 0 radical (unpaired) electrons. The number of benzene rings is 1. The number of carbonyl (C=O) groups is 1. The van der Waals surface area contributed by atoms with E-state index in [2.05, 4.69) is 21.2 Å². The van der Waals surface area contributed by atoms with E-state index < -0.39 is 0 Å². The van der Waals surface area contributed by atoms with E-state index in [1.165, 1.54) is 0 Å². The summed E-state index contributed by atoms with van der Waals surface area (Å²) in [4.78, 5) is 11.3. The standard InChI is InChI=1S/C13H19BrN2O2/c1-3-16-13(17)6-7-18-12-5-4-10(14)8-11(12)9(2)15/h4-5,8-9H,3,6-7,15H2,1-2H3,(H,16,17).